The smallest absolute Gasteiger partial charge is 0.153 e. The van der Waals surface area contributed by atoms with E-state index in [1.165, 1.54) is 58.4 Å². The lowest BCUT2D eigenvalue weighted by atomic mass is 9.90. The van der Waals surface area contributed by atoms with Crippen LogP contribution < -0.4 is 4.90 Å². The zero-order valence-electron chi connectivity index (χ0n) is 18.3. The number of anilines is 1. The molecule has 1 saturated heterocycles. The molecule has 29 heavy (non-hydrogen) atoms. The van der Waals surface area contributed by atoms with Crippen LogP contribution >= 0.6 is 0 Å². The molecule has 2 aromatic heterocycles. The van der Waals surface area contributed by atoms with Crippen molar-refractivity contribution < 1.29 is 0 Å². The topological polar surface area (TPSA) is 21.1 Å². The van der Waals surface area contributed by atoms with Crippen LogP contribution in [0.3, 0.4) is 0 Å². The highest BCUT2D eigenvalue weighted by Gasteiger charge is 2.24. The summed E-state index contributed by atoms with van der Waals surface area (Å²) in [7, 11) is 0. The summed E-state index contributed by atoms with van der Waals surface area (Å²) >= 11 is 0. The van der Waals surface area contributed by atoms with Crippen molar-refractivity contribution in [3.05, 3.63) is 71.1 Å². The van der Waals surface area contributed by atoms with Crippen LogP contribution in [0.5, 0.6) is 0 Å². The summed E-state index contributed by atoms with van der Waals surface area (Å²) in [4.78, 5) is 7.38. The van der Waals surface area contributed by atoms with Gasteiger partial charge in [0, 0.05) is 36.9 Å². The van der Waals surface area contributed by atoms with Gasteiger partial charge < -0.3 is 9.47 Å². The van der Waals surface area contributed by atoms with Gasteiger partial charge in [0.05, 0.1) is 5.52 Å². The monoisotopic (exact) mass is 387 g/mol. The lowest BCUT2D eigenvalue weighted by Crippen LogP contribution is -2.35. The minimum atomic E-state index is 0.772. The molecule has 0 N–H and O–H groups in total. The van der Waals surface area contributed by atoms with Gasteiger partial charge in [0.15, 0.2) is 5.82 Å². The van der Waals surface area contributed by atoms with Gasteiger partial charge in [-0.05, 0) is 70.1 Å². The van der Waals surface area contributed by atoms with E-state index in [0.29, 0.717) is 0 Å². The second kappa shape index (κ2) is 8.44. The Balaban J connectivity index is 1.58. The SMILES string of the molecule is CC(C)=CCn1c(C)c(C)c2ccnc(N3CCC(Cc4ccccc4)CC3)c21. The van der Waals surface area contributed by atoms with E-state index < -0.39 is 0 Å². The highest BCUT2D eigenvalue weighted by atomic mass is 15.2. The van der Waals surface area contributed by atoms with E-state index in [1.54, 1.807) is 0 Å². The average Bonchev–Trinajstić information content (AvgIpc) is 2.98. The Bertz CT molecular complexity index is 1000. The molecule has 0 bridgehead atoms. The molecule has 3 nitrogen and oxygen atoms in total. The number of hydrogen-bond donors (Lipinski definition) is 0. The minimum absolute atomic E-state index is 0.772. The highest BCUT2D eigenvalue weighted by molar-refractivity contribution is 5.93. The molecule has 152 valence electrons. The predicted molar refractivity (Wildman–Crippen MR) is 124 cm³/mol. The van der Waals surface area contributed by atoms with Crippen molar-refractivity contribution in [2.24, 2.45) is 5.92 Å². The third-order valence-corrected chi connectivity index (χ3v) is 6.49. The number of rotatable bonds is 5. The molecular formula is C26H33N3. The average molecular weight is 388 g/mol. The van der Waals surface area contributed by atoms with Gasteiger partial charge in [0.2, 0.25) is 0 Å². The second-order valence-corrected chi connectivity index (χ2v) is 8.75. The van der Waals surface area contributed by atoms with Crippen LogP contribution in [-0.2, 0) is 13.0 Å². The Morgan fingerprint density at radius 3 is 2.48 bits per heavy atom. The number of hydrogen-bond acceptors (Lipinski definition) is 2. The van der Waals surface area contributed by atoms with Crippen molar-refractivity contribution in [1.29, 1.82) is 0 Å². The third kappa shape index (κ3) is 4.10. The number of pyridine rings is 1. The third-order valence-electron chi connectivity index (χ3n) is 6.49. The largest absolute Gasteiger partial charge is 0.355 e. The number of nitrogens with zero attached hydrogens (tertiary/aromatic N) is 3. The number of benzene rings is 1. The van der Waals surface area contributed by atoms with Crippen LogP contribution in [0.15, 0.2) is 54.2 Å². The molecule has 0 amide bonds. The Morgan fingerprint density at radius 1 is 1.07 bits per heavy atom. The maximum absolute atomic E-state index is 4.87. The fourth-order valence-electron chi connectivity index (χ4n) is 4.61. The Morgan fingerprint density at radius 2 is 1.79 bits per heavy atom. The van der Waals surface area contributed by atoms with Crippen LogP contribution in [-0.4, -0.2) is 22.6 Å². The molecule has 3 aromatic rings. The van der Waals surface area contributed by atoms with Crippen molar-refractivity contribution >= 4 is 16.7 Å². The molecule has 0 radical (unpaired) electrons. The molecule has 3 heteroatoms. The van der Waals surface area contributed by atoms with E-state index in [9.17, 15) is 0 Å². The number of allylic oxidation sites excluding steroid dienone is 2. The first-order valence-electron chi connectivity index (χ1n) is 10.9. The van der Waals surface area contributed by atoms with Crippen molar-refractivity contribution in [3.8, 4) is 0 Å². The molecular weight excluding hydrogens is 354 g/mol. The van der Waals surface area contributed by atoms with Crippen LogP contribution in [0, 0.1) is 19.8 Å². The first kappa shape index (κ1) is 19.8. The lowest BCUT2D eigenvalue weighted by molar-refractivity contribution is 0.402. The standard InChI is InChI=1S/C26H33N3/c1-19(2)11-17-29-21(4)20(3)24-10-14-27-26(25(24)29)28-15-12-23(13-16-28)18-22-8-6-5-7-9-22/h5-11,14,23H,12-13,15-18H2,1-4H3. The first-order chi connectivity index (χ1) is 14.0. The Hall–Kier alpha value is -2.55. The molecule has 1 fully saturated rings. The molecule has 1 aromatic carbocycles. The minimum Gasteiger partial charge on any atom is -0.355 e. The summed E-state index contributed by atoms with van der Waals surface area (Å²) in [5.41, 5.74) is 6.86. The second-order valence-electron chi connectivity index (χ2n) is 8.75. The zero-order chi connectivity index (χ0) is 20.4. The van der Waals surface area contributed by atoms with E-state index in [1.807, 2.05) is 6.20 Å². The van der Waals surface area contributed by atoms with Crippen LogP contribution in [0.1, 0.15) is 43.5 Å². The normalized spacial score (nSPS) is 15.1. The molecule has 0 atom stereocenters. The quantitative estimate of drug-likeness (QED) is 0.495. The Labute approximate surface area is 175 Å². The van der Waals surface area contributed by atoms with E-state index in [4.69, 9.17) is 4.98 Å². The summed E-state index contributed by atoms with van der Waals surface area (Å²) in [6.45, 7) is 11.9. The van der Waals surface area contributed by atoms with Crippen molar-refractivity contribution in [2.45, 2.75) is 53.5 Å². The van der Waals surface area contributed by atoms with E-state index >= 15 is 0 Å². The molecule has 0 unspecified atom stereocenters. The predicted octanol–water partition coefficient (Wildman–Crippen LogP) is 6.08. The summed E-state index contributed by atoms with van der Waals surface area (Å²) in [5.74, 6) is 1.94. The molecule has 4 rings (SSSR count). The molecule has 1 aliphatic heterocycles. The van der Waals surface area contributed by atoms with Gasteiger partial charge in [0.1, 0.15) is 0 Å². The molecule has 0 aliphatic carbocycles. The van der Waals surface area contributed by atoms with Gasteiger partial charge in [-0.2, -0.15) is 0 Å². The fourth-order valence-corrected chi connectivity index (χ4v) is 4.61. The number of aromatic nitrogens is 2. The number of aryl methyl sites for hydroxylation is 1. The highest BCUT2D eigenvalue weighted by Crippen LogP contribution is 2.34. The zero-order valence-corrected chi connectivity index (χ0v) is 18.3. The van der Waals surface area contributed by atoms with Gasteiger partial charge in [-0.1, -0.05) is 42.0 Å². The van der Waals surface area contributed by atoms with Gasteiger partial charge in [-0.3, -0.25) is 0 Å². The van der Waals surface area contributed by atoms with Gasteiger partial charge in [-0.15, -0.1) is 0 Å². The number of piperidine rings is 1. The van der Waals surface area contributed by atoms with E-state index in [-0.39, 0.29) is 0 Å². The summed E-state index contributed by atoms with van der Waals surface area (Å²) in [6.07, 6.45) is 7.97. The van der Waals surface area contributed by atoms with Crippen molar-refractivity contribution in [3.63, 3.8) is 0 Å². The maximum atomic E-state index is 4.87. The van der Waals surface area contributed by atoms with Crippen LogP contribution in [0.2, 0.25) is 0 Å². The van der Waals surface area contributed by atoms with Gasteiger partial charge in [-0.25, -0.2) is 4.98 Å². The maximum Gasteiger partial charge on any atom is 0.153 e. The van der Waals surface area contributed by atoms with Crippen molar-refractivity contribution in [1.82, 2.24) is 9.55 Å². The molecule has 0 saturated carbocycles. The Kier molecular flexibility index (Phi) is 5.75. The van der Waals surface area contributed by atoms with Crippen LogP contribution in [0.4, 0.5) is 5.82 Å². The molecule has 3 heterocycles. The first-order valence-corrected chi connectivity index (χ1v) is 10.9. The van der Waals surface area contributed by atoms with Crippen LogP contribution in [0.25, 0.3) is 10.9 Å². The van der Waals surface area contributed by atoms with E-state index in [2.05, 4.69) is 79.6 Å². The lowest BCUT2D eigenvalue weighted by Gasteiger charge is -2.33. The molecule has 1 aliphatic rings. The van der Waals surface area contributed by atoms with Gasteiger partial charge in [0.25, 0.3) is 0 Å². The summed E-state index contributed by atoms with van der Waals surface area (Å²) in [5, 5.41) is 1.35. The number of fused-ring (bicyclic) bond motifs is 1. The summed E-state index contributed by atoms with van der Waals surface area (Å²) < 4.78 is 2.45. The fraction of sp³-hybridized carbons (Fsp3) is 0.423. The van der Waals surface area contributed by atoms with E-state index in [0.717, 1.165) is 25.6 Å². The molecule has 0 spiro atoms. The van der Waals surface area contributed by atoms with Crippen molar-refractivity contribution in [2.75, 3.05) is 18.0 Å². The summed E-state index contributed by atoms with van der Waals surface area (Å²) in [6, 6.07) is 13.1. The van der Waals surface area contributed by atoms with Gasteiger partial charge >= 0.3 is 0 Å².